The molecule has 2 saturated heterocycles. The Kier molecular flexibility index (Phi) is 7.47. The molecule has 1 aromatic heterocycles. The zero-order valence-corrected chi connectivity index (χ0v) is 22.9. The van der Waals surface area contributed by atoms with E-state index in [9.17, 15) is 20.0 Å². The Morgan fingerprint density at radius 3 is 2.77 bits per heavy atom. The summed E-state index contributed by atoms with van der Waals surface area (Å²) in [5.41, 5.74) is 0.923. The number of aromatic nitrogens is 1. The quantitative estimate of drug-likeness (QED) is 0.229. The fraction of sp³-hybridized carbons (Fsp3) is 0.333. The Morgan fingerprint density at radius 1 is 1.33 bits per heavy atom. The number of benzene rings is 2. The van der Waals surface area contributed by atoms with Gasteiger partial charge in [-0.3, -0.25) is 0 Å². The number of pyridine rings is 1. The van der Waals surface area contributed by atoms with Gasteiger partial charge in [0.1, 0.15) is 16.2 Å². The lowest BCUT2D eigenvalue weighted by Gasteiger charge is -2.37. The molecule has 1 aliphatic carbocycles. The number of halogens is 4. The summed E-state index contributed by atoms with van der Waals surface area (Å²) >= 11 is 19.2. The number of nitrogens with zero attached hydrogens (tertiary/aromatic N) is 3. The van der Waals surface area contributed by atoms with Gasteiger partial charge >= 0.3 is 12.1 Å². The van der Waals surface area contributed by atoms with E-state index < -0.39 is 17.9 Å². The maximum atomic E-state index is 16.4. The number of amides is 1. The van der Waals surface area contributed by atoms with Crippen molar-refractivity contribution >= 4 is 63.5 Å². The van der Waals surface area contributed by atoms with Gasteiger partial charge in [0.25, 0.3) is 0 Å². The molecule has 1 amide bonds. The second-order valence-electron chi connectivity index (χ2n) is 9.42. The Labute approximate surface area is 238 Å². The van der Waals surface area contributed by atoms with E-state index in [1.807, 2.05) is 0 Å². The van der Waals surface area contributed by atoms with Crippen LogP contribution in [0.1, 0.15) is 35.7 Å². The number of nitriles is 1. The van der Waals surface area contributed by atoms with E-state index in [1.54, 1.807) is 31.2 Å². The molecule has 3 fully saturated rings. The number of hydrogen-bond acceptors (Lipinski definition) is 6. The summed E-state index contributed by atoms with van der Waals surface area (Å²) in [7, 11) is 0. The largest absolute Gasteiger partial charge is 0.465 e. The number of esters is 1. The van der Waals surface area contributed by atoms with E-state index >= 15 is 4.39 Å². The van der Waals surface area contributed by atoms with Crippen molar-refractivity contribution in [3.8, 4) is 17.2 Å². The molecule has 2 bridgehead atoms. The minimum atomic E-state index is -1.03. The van der Waals surface area contributed by atoms with Gasteiger partial charge in [0.05, 0.1) is 40.5 Å². The molecule has 202 valence electrons. The van der Waals surface area contributed by atoms with E-state index in [2.05, 4.69) is 16.4 Å². The van der Waals surface area contributed by atoms with Crippen LogP contribution in [0.3, 0.4) is 0 Å². The number of aryl methyl sites for hydroxylation is 1. The average molecular weight is 592 g/mol. The monoisotopic (exact) mass is 590 g/mol. The van der Waals surface area contributed by atoms with Crippen molar-refractivity contribution in [3.05, 3.63) is 56.4 Å². The smallest absolute Gasteiger partial charge is 0.407 e. The lowest BCUT2D eigenvalue weighted by molar-refractivity contribution is 0.0527. The highest BCUT2D eigenvalue weighted by atomic mass is 35.5. The fourth-order valence-corrected chi connectivity index (χ4v) is 6.17. The second-order valence-corrected chi connectivity index (χ2v) is 10.6. The van der Waals surface area contributed by atoms with Gasteiger partial charge in [-0.15, -0.1) is 0 Å². The summed E-state index contributed by atoms with van der Waals surface area (Å²) in [5.74, 6) is -1.48. The van der Waals surface area contributed by atoms with Crippen LogP contribution in [0.4, 0.5) is 14.9 Å². The normalized spacial score (nSPS) is 19.5. The van der Waals surface area contributed by atoms with Crippen molar-refractivity contribution in [1.29, 1.82) is 5.26 Å². The second kappa shape index (κ2) is 10.7. The molecule has 0 spiro atoms. The van der Waals surface area contributed by atoms with Gasteiger partial charge in [-0.1, -0.05) is 46.9 Å². The third kappa shape index (κ3) is 4.61. The molecule has 0 unspecified atom stereocenters. The molecule has 3 atom stereocenters. The third-order valence-corrected chi connectivity index (χ3v) is 8.41. The number of rotatable bonds is 7. The Morgan fingerprint density at radius 2 is 2.10 bits per heavy atom. The Balaban J connectivity index is 1.76. The summed E-state index contributed by atoms with van der Waals surface area (Å²) < 4.78 is 21.7. The van der Waals surface area contributed by atoms with Crippen molar-refractivity contribution in [2.75, 3.05) is 18.5 Å². The summed E-state index contributed by atoms with van der Waals surface area (Å²) in [4.78, 5) is 30.3. The van der Waals surface area contributed by atoms with Crippen molar-refractivity contribution in [1.82, 2.24) is 9.88 Å². The maximum absolute atomic E-state index is 16.4. The fourth-order valence-electron chi connectivity index (χ4n) is 5.52. The van der Waals surface area contributed by atoms with Crippen molar-refractivity contribution in [3.63, 3.8) is 0 Å². The minimum absolute atomic E-state index is 0.00980. The maximum Gasteiger partial charge on any atom is 0.407 e. The molecule has 2 aromatic carbocycles. The highest BCUT2D eigenvalue weighted by Crippen LogP contribution is 2.46. The van der Waals surface area contributed by atoms with E-state index in [1.165, 1.54) is 4.90 Å². The zero-order chi connectivity index (χ0) is 28.0. The number of hydrogen-bond donors (Lipinski definition) is 2. The predicted molar refractivity (Wildman–Crippen MR) is 146 cm³/mol. The zero-order valence-electron chi connectivity index (χ0n) is 20.6. The van der Waals surface area contributed by atoms with Crippen LogP contribution in [-0.2, 0) is 11.2 Å². The number of carboxylic acid groups (broad SMARTS) is 1. The molecule has 2 N–H and O–H groups in total. The number of fused-ring (bicyclic) bond motifs is 2. The van der Waals surface area contributed by atoms with Crippen LogP contribution < -0.4 is 5.32 Å². The molecule has 8 nitrogen and oxygen atoms in total. The number of nitrogens with one attached hydrogen (secondary N) is 1. The molecular formula is C27H22Cl3FN4O4. The van der Waals surface area contributed by atoms with Crippen LogP contribution in [0, 0.1) is 23.1 Å². The van der Waals surface area contributed by atoms with Crippen LogP contribution in [0.2, 0.25) is 15.2 Å². The molecular weight excluding hydrogens is 570 g/mol. The summed E-state index contributed by atoms with van der Waals surface area (Å²) in [6.45, 7) is 2.06. The first-order valence-electron chi connectivity index (χ1n) is 12.3. The molecule has 2 aliphatic heterocycles. The minimum Gasteiger partial charge on any atom is -0.465 e. The first kappa shape index (κ1) is 27.3. The van der Waals surface area contributed by atoms with E-state index in [0.717, 1.165) is 0 Å². The van der Waals surface area contributed by atoms with Crippen LogP contribution in [-0.4, -0.2) is 52.3 Å². The molecule has 1 saturated carbocycles. The van der Waals surface area contributed by atoms with Gasteiger partial charge in [0.15, 0.2) is 5.82 Å². The first-order chi connectivity index (χ1) is 18.7. The lowest BCUT2D eigenvalue weighted by Crippen LogP contribution is -2.49. The summed E-state index contributed by atoms with van der Waals surface area (Å²) in [6.07, 6.45) is -0.0812. The van der Waals surface area contributed by atoms with Crippen LogP contribution in [0.25, 0.3) is 22.0 Å². The molecule has 3 aromatic rings. The molecule has 0 radical (unpaired) electrons. The van der Waals surface area contributed by atoms with Gasteiger partial charge in [0, 0.05) is 35.4 Å². The number of anilines is 1. The SMILES string of the molecule is CCOC(=O)c1c(Cl)nc2c(F)c(-c3cccc(Cl)c3Cl)c(CCC#N)cc2c1N[C@H]1[C@@H]2C[C@H]1N(C(=O)O)C2. The average Bonchev–Trinajstić information content (AvgIpc) is 3.49. The standard InChI is InChI=1S/C27H22Cl3FN4O4/c1-2-39-26(36)19-23(33-22-13-10-17(22)35(11-13)27(37)38)15-9-12(5-4-8-32)18(21(31)24(15)34-25(19)30)14-6-3-7-16(28)20(14)29/h3,6-7,9,13,17,22H,2,4-5,10-11H2,1H3,(H,33,34)(H,37,38)/t13-,17-,22+/m1/s1. The van der Waals surface area contributed by atoms with E-state index in [0.29, 0.717) is 24.1 Å². The Hall–Kier alpha value is -3.32. The van der Waals surface area contributed by atoms with Crippen LogP contribution in [0.15, 0.2) is 24.3 Å². The molecule has 3 heterocycles. The van der Waals surface area contributed by atoms with Gasteiger partial charge < -0.3 is 20.1 Å². The van der Waals surface area contributed by atoms with E-state index in [4.69, 9.17) is 39.5 Å². The van der Waals surface area contributed by atoms with Gasteiger partial charge in [-0.2, -0.15) is 5.26 Å². The van der Waals surface area contributed by atoms with E-state index in [-0.39, 0.29) is 80.4 Å². The van der Waals surface area contributed by atoms with Crippen molar-refractivity contribution in [2.24, 2.45) is 5.92 Å². The number of carbonyl (C=O) groups excluding carboxylic acids is 1. The van der Waals surface area contributed by atoms with Crippen LogP contribution >= 0.6 is 34.8 Å². The van der Waals surface area contributed by atoms with Crippen molar-refractivity contribution in [2.45, 2.75) is 38.3 Å². The topological polar surface area (TPSA) is 116 Å². The predicted octanol–water partition coefficient (Wildman–Crippen LogP) is 6.80. The van der Waals surface area contributed by atoms with Gasteiger partial charge in [-0.05, 0) is 37.5 Å². The third-order valence-electron chi connectivity index (χ3n) is 7.32. The van der Waals surface area contributed by atoms with Crippen LogP contribution in [0.5, 0.6) is 0 Å². The summed E-state index contributed by atoms with van der Waals surface area (Å²) in [5, 5.41) is 22.5. The van der Waals surface area contributed by atoms with Gasteiger partial charge in [-0.25, -0.2) is 19.0 Å². The highest BCUT2D eigenvalue weighted by molar-refractivity contribution is 6.43. The molecule has 3 aliphatic rings. The first-order valence-corrected chi connectivity index (χ1v) is 13.4. The Bertz CT molecular complexity index is 1560. The highest BCUT2D eigenvalue weighted by Gasteiger charge is 2.54. The van der Waals surface area contributed by atoms with Crippen molar-refractivity contribution < 1.29 is 23.8 Å². The molecule has 6 rings (SSSR count). The summed E-state index contributed by atoms with van der Waals surface area (Å²) in [6, 6.07) is 7.95. The number of carbonyl (C=O) groups is 2. The van der Waals surface area contributed by atoms with Gasteiger partial charge in [0.2, 0.25) is 0 Å². The molecule has 39 heavy (non-hydrogen) atoms. The number of ether oxygens (including phenoxy) is 1. The molecule has 12 heteroatoms. The lowest BCUT2D eigenvalue weighted by atomic mass is 9.79.